The Morgan fingerprint density at radius 1 is 0.848 bits per heavy atom. The highest BCUT2D eigenvalue weighted by atomic mass is 16.7. The van der Waals surface area contributed by atoms with Gasteiger partial charge in [-0.15, -0.1) is 0 Å². The van der Waals surface area contributed by atoms with Crippen LogP contribution in [-0.2, 0) is 53.9 Å². The van der Waals surface area contributed by atoms with Crippen molar-refractivity contribution in [1.29, 1.82) is 0 Å². The number of fused-ring (bicyclic) bond motifs is 4. The molecule has 0 saturated carbocycles. The number of carbonyl (C=O) groups excluding carboxylic acids is 3. The van der Waals surface area contributed by atoms with Gasteiger partial charge in [-0.3, -0.25) is 14.4 Å². The van der Waals surface area contributed by atoms with Crippen molar-refractivity contribution in [2.45, 2.75) is 151 Å². The molecule has 4 fully saturated rings. The second-order valence-corrected chi connectivity index (χ2v) is 18.8. The molecule has 0 amide bonds. The van der Waals surface area contributed by atoms with Crippen LogP contribution in [0.15, 0.2) is 33.5 Å². The molecule has 0 radical (unpaired) electrons. The van der Waals surface area contributed by atoms with Crippen LogP contribution in [0.2, 0.25) is 0 Å². The number of epoxide rings is 1. The molecule has 16 atom stereocenters. The van der Waals surface area contributed by atoms with Crippen molar-refractivity contribution in [3.05, 3.63) is 73.6 Å². The number of carbonyl (C=O) groups is 3. The van der Waals surface area contributed by atoms with Gasteiger partial charge in [-0.1, -0.05) is 6.07 Å². The van der Waals surface area contributed by atoms with E-state index < -0.39 is 158 Å². The highest BCUT2D eigenvalue weighted by Crippen LogP contribution is 2.50. The molecule has 8 rings (SSSR count). The lowest BCUT2D eigenvalue weighted by Crippen LogP contribution is -2.65. The van der Waals surface area contributed by atoms with E-state index in [-0.39, 0.29) is 29.7 Å². The third-order valence-corrected chi connectivity index (χ3v) is 14.8. The lowest BCUT2D eigenvalue weighted by molar-refractivity contribution is -0.300. The van der Waals surface area contributed by atoms with Gasteiger partial charge in [0.25, 0.3) is 0 Å². The van der Waals surface area contributed by atoms with Crippen molar-refractivity contribution in [2.75, 3.05) is 35.4 Å². The van der Waals surface area contributed by atoms with Gasteiger partial charge in [0.2, 0.25) is 11.4 Å². The van der Waals surface area contributed by atoms with E-state index >= 15 is 4.79 Å². The number of ketones is 2. The summed E-state index contributed by atoms with van der Waals surface area (Å²) >= 11 is 0. The molecule has 19 heteroatoms. The number of phenols is 1. The Morgan fingerprint density at radius 2 is 1.52 bits per heavy atom. The number of ether oxygens (including phenoxy) is 8. The minimum atomic E-state index is -3.10. The Bertz CT molecular complexity index is 2510. The van der Waals surface area contributed by atoms with Gasteiger partial charge >= 0.3 is 5.97 Å². The summed E-state index contributed by atoms with van der Waals surface area (Å²) < 4.78 is 53.2. The maximum atomic E-state index is 15.1. The molecule has 66 heavy (non-hydrogen) atoms. The number of hydrogen-bond acceptors (Lipinski definition) is 19. The number of hydrogen-bond donors (Lipinski definition) is 5. The highest BCUT2D eigenvalue weighted by molar-refractivity contribution is 6.32. The van der Waals surface area contributed by atoms with Crippen LogP contribution >= 0.6 is 0 Å². The van der Waals surface area contributed by atoms with Crippen LogP contribution in [0, 0.1) is 0 Å². The van der Waals surface area contributed by atoms with Crippen molar-refractivity contribution in [3.63, 3.8) is 0 Å². The first kappa shape index (κ1) is 48.2. The second kappa shape index (κ2) is 17.1. The summed E-state index contributed by atoms with van der Waals surface area (Å²) in [6, 6.07) is 4.93. The molecular formula is C47H59NO18. The largest absolute Gasteiger partial charge is 0.507 e. The van der Waals surface area contributed by atoms with Gasteiger partial charge in [0.1, 0.15) is 53.7 Å². The smallest absolute Gasteiger partial charge is 0.345 e. The first-order chi connectivity index (χ1) is 31.0. The highest BCUT2D eigenvalue weighted by Gasteiger charge is 2.60. The maximum absolute atomic E-state index is 15.1. The van der Waals surface area contributed by atoms with Gasteiger partial charge in [-0.05, 0) is 74.2 Å². The van der Waals surface area contributed by atoms with E-state index in [0.29, 0.717) is 0 Å². The summed E-state index contributed by atoms with van der Waals surface area (Å²) in [4.78, 5) is 60.5. The van der Waals surface area contributed by atoms with E-state index in [4.69, 9.17) is 42.3 Å². The average Bonchev–Trinajstić information content (AvgIpc) is 3.91. The van der Waals surface area contributed by atoms with Crippen LogP contribution in [0.4, 0.5) is 0 Å². The number of aromatic hydroxyl groups is 1. The summed E-state index contributed by atoms with van der Waals surface area (Å²) in [5.41, 5.74) is -8.32. The zero-order valence-electron chi connectivity index (χ0n) is 38.7. The van der Waals surface area contributed by atoms with Crippen molar-refractivity contribution in [3.8, 4) is 5.75 Å². The number of phenolic OH excluding ortho intramolecular Hbond substituents is 1. The van der Waals surface area contributed by atoms with Crippen molar-refractivity contribution in [2.24, 2.45) is 0 Å². The van der Waals surface area contributed by atoms with Crippen LogP contribution in [0.25, 0.3) is 11.0 Å². The van der Waals surface area contributed by atoms with Gasteiger partial charge < -0.3 is 72.7 Å². The summed E-state index contributed by atoms with van der Waals surface area (Å²) in [6.45, 7) is 10.3. The van der Waals surface area contributed by atoms with E-state index in [2.05, 4.69) is 0 Å². The third-order valence-electron chi connectivity index (χ3n) is 14.8. The molecule has 4 aliphatic heterocycles. The Balaban J connectivity index is 1.25. The van der Waals surface area contributed by atoms with E-state index in [0.717, 1.165) is 19.2 Å². The Morgan fingerprint density at radius 3 is 2.12 bits per heavy atom. The van der Waals surface area contributed by atoms with Gasteiger partial charge in [-0.2, -0.15) is 0 Å². The number of aliphatic hydroxyl groups is 4. The second-order valence-electron chi connectivity index (χ2n) is 18.8. The topological polar surface area (TPSA) is 263 Å². The normalized spacial score (nSPS) is 37.6. The molecule has 1 aliphatic carbocycles. The maximum Gasteiger partial charge on any atom is 0.345 e. The molecule has 360 valence electrons. The first-order valence-electron chi connectivity index (χ1n) is 22.0. The number of esters is 1. The molecule has 2 aromatic carbocycles. The summed E-state index contributed by atoms with van der Waals surface area (Å²) in [7, 11) is 7.41. The first-order valence-corrected chi connectivity index (χ1v) is 22.0. The Kier molecular flexibility index (Phi) is 12.5. The standard InChI is InChI=1S/C47H59NO18/c1-18-34(50)27(58-9)16-30(62-18)65-42-20(3)61-28(17-45(42,5)48(7)8)22-12-13-23-31(37(22)53)38(54)32-24(36(23)52)14-25(33-26(49)15-29(64-40(32)33)46(6)21(4)66-46)47(57,44(56)60-11)43-39(55)41(59-10)35(51)19(2)63-43/h12-15,18-21,27-28,30,34-35,39,41-43,50-51,53,55,57H,16-17H2,1-11H3/t18-,19-,20+,21-,27+,28-,30-,34-,35-,39+,41-,42-,43+,45+,46-,47?/m1/s1. The molecule has 1 aromatic heterocycles. The fourth-order valence-electron chi connectivity index (χ4n) is 10.4. The van der Waals surface area contributed by atoms with Gasteiger partial charge in [0.05, 0.1) is 60.2 Å². The summed E-state index contributed by atoms with van der Waals surface area (Å²) in [6.07, 6.45) is -12.6. The molecule has 4 saturated heterocycles. The van der Waals surface area contributed by atoms with E-state index in [1.54, 1.807) is 20.8 Å². The Hall–Kier alpha value is -4.22. The summed E-state index contributed by atoms with van der Waals surface area (Å²) in [5.74, 6) is -3.77. The number of methoxy groups -OCH3 is 3. The number of benzene rings is 2. The van der Waals surface area contributed by atoms with Crippen LogP contribution in [0.1, 0.15) is 109 Å². The molecule has 5 heterocycles. The van der Waals surface area contributed by atoms with Gasteiger partial charge in [0, 0.05) is 54.5 Å². The molecule has 3 aromatic rings. The van der Waals surface area contributed by atoms with E-state index in [1.807, 2.05) is 32.8 Å². The SMILES string of the molecule is COC(=O)C(O)(c1cc2c(c3oc([C@]4(C)O[C@@H]4C)cc(=O)c13)C(=O)c1c(ccc([C@H]3C[C@](C)(N(C)C)[C@H](O[C@@H]4C[C@H](OC)[C@H](O)[C@@H](C)O4)[C@H](C)O3)c1O)C2=O)[C@H]1O[C@H](C)[C@@H](O)[C@@H](OC)[C@@H]1O. The third kappa shape index (κ3) is 7.25. The predicted octanol–water partition coefficient (Wildman–Crippen LogP) is 1.86. The van der Waals surface area contributed by atoms with Crippen LogP contribution in [-0.4, -0.2) is 162 Å². The van der Waals surface area contributed by atoms with Gasteiger partial charge in [0.15, 0.2) is 23.1 Å². The quantitative estimate of drug-likeness (QED) is 0.112. The number of rotatable bonds is 10. The fraction of sp³-hybridized carbons (Fsp3) is 0.617. The van der Waals surface area contributed by atoms with Gasteiger partial charge in [-0.25, -0.2) is 4.79 Å². The van der Waals surface area contributed by atoms with E-state index in [1.165, 1.54) is 33.3 Å². The predicted molar refractivity (Wildman–Crippen MR) is 229 cm³/mol. The van der Waals surface area contributed by atoms with E-state index in [9.17, 15) is 39.9 Å². The zero-order chi connectivity index (χ0) is 48.3. The Labute approximate surface area is 380 Å². The molecular weight excluding hydrogens is 867 g/mol. The minimum Gasteiger partial charge on any atom is -0.507 e. The number of likely N-dealkylation sites (N-methyl/N-ethyl adjacent to an activating group) is 1. The van der Waals surface area contributed by atoms with Crippen molar-refractivity contribution in [1.82, 2.24) is 4.90 Å². The van der Waals surface area contributed by atoms with Crippen molar-refractivity contribution >= 4 is 28.5 Å². The molecule has 0 bridgehead atoms. The zero-order valence-corrected chi connectivity index (χ0v) is 38.7. The molecule has 19 nitrogen and oxygen atoms in total. The molecule has 5 N–H and O–H groups in total. The monoisotopic (exact) mass is 925 g/mol. The van der Waals surface area contributed by atoms with Crippen LogP contribution in [0.3, 0.4) is 0 Å². The molecule has 0 spiro atoms. The molecule has 1 unspecified atom stereocenters. The van der Waals surface area contributed by atoms with Crippen LogP contribution < -0.4 is 5.43 Å². The summed E-state index contributed by atoms with van der Waals surface area (Å²) in [5, 5.41) is 57.3. The number of nitrogens with zero attached hydrogens (tertiary/aromatic N) is 1. The fourth-order valence-corrected chi connectivity index (χ4v) is 10.4. The minimum absolute atomic E-state index is 0.0334. The van der Waals surface area contributed by atoms with Crippen LogP contribution in [0.5, 0.6) is 5.75 Å². The van der Waals surface area contributed by atoms with Crippen molar-refractivity contribution < 1.29 is 82.2 Å². The average molecular weight is 926 g/mol. The lowest BCUT2D eigenvalue weighted by Gasteiger charge is -2.52. The lowest BCUT2D eigenvalue weighted by atomic mass is 9.74. The molecule has 5 aliphatic rings. The number of aliphatic hydroxyl groups excluding tert-OH is 3.